The van der Waals surface area contributed by atoms with Gasteiger partial charge in [-0.2, -0.15) is 0 Å². The predicted octanol–water partition coefficient (Wildman–Crippen LogP) is 2.28. The number of carbonyl (C=O) groups excluding carboxylic acids is 2. The Balaban J connectivity index is 3.15. The number of hydrogen-bond donors (Lipinski definition) is 0. The predicted molar refractivity (Wildman–Crippen MR) is 51.4 cm³/mol. The highest BCUT2D eigenvalue weighted by Crippen LogP contribution is 2.35. The fourth-order valence-corrected chi connectivity index (χ4v) is 1.73. The van der Waals surface area contributed by atoms with E-state index in [9.17, 15) is 9.59 Å². The molecule has 0 N–H and O–H groups in total. The number of Topliss-reactive ketones (excluding diaryl/α,β-unsaturated/α-hetero) is 2. The summed E-state index contributed by atoms with van der Waals surface area (Å²) in [4.78, 5) is 23.0. The van der Waals surface area contributed by atoms with E-state index < -0.39 is 0 Å². The largest absolute Gasteiger partial charge is 0.294 e. The molecule has 72 valence electrons. The monoisotopic (exact) mass is 180 g/mol. The average molecular weight is 180 g/mol. The van der Waals surface area contributed by atoms with Gasteiger partial charge in [0.05, 0.1) is 5.57 Å². The van der Waals surface area contributed by atoms with Gasteiger partial charge in [0.2, 0.25) is 0 Å². The molecule has 0 fully saturated rings. The molecule has 1 aliphatic carbocycles. The van der Waals surface area contributed by atoms with Crippen LogP contribution in [-0.2, 0) is 9.59 Å². The van der Waals surface area contributed by atoms with Crippen molar-refractivity contribution in [2.24, 2.45) is 5.41 Å². The fraction of sp³-hybridized carbons (Fsp3) is 0.636. The molecule has 0 radical (unpaired) electrons. The van der Waals surface area contributed by atoms with Crippen LogP contribution in [0.5, 0.6) is 0 Å². The molecular formula is C11H16O2. The highest BCUT2D eigenvalue weighted by molar-refractivity contribution is 6.22. The summed E-state index contributed by atoms with van der Waals surface area (Å²) in [6.07, 6.45) is 1.72. The van der Waals surface area contributed by atoms with Gasteiger partial charge in [-0.1, -0.05) is 19.4 Å². The molecule has 0 aromatic rings. The Hall–Kier alpha value is -0.920. The summed E-state index contributed by atoms with van der Waals surface area (Å²) in [6.45, 7) is 7.16. The molecule has 0 saturated carbocycles. The van der Waals surface area contributed by atoms with E-state index in [-0.39, 0.29) is 17.0 Å². The fourth-order valence-electron chi connectivity index (χ4n) is 1.73. The van der Waals surface area contributed by atoms with Crippen molar-refractivity contribution in [2.45, 2.75) is 40.5 Å². The first-order valence-electron chi connectivity index (χ1n) is 4.62. The Bertz CT molecular complexity index is 295. The molecular weight excluding hydrogens is 164 g/mol. The van der Waals surface area contributed by atoms with Crippen molar-refractivity contribution >= 4 is 11.6 Å². The minimum Gasteiger partial charge on any atom is -0.294 e. The van der Waals surface area contributed by atoms with Crippen LogP contribution in [0.2, 0.25) is 0 Å². The molecule has 0 amide bonds. The van der Waals surface area contributed by atoms with E-state index in [1.165, 1.54) is 6.92 Å². The van der Waals surface area contributed by atoms with Crippen LogP contribution >= 0.6 is 0 Å². The van der Waals surface area contributed by atoms with Gasteiger partial charge in [0.15, 0.2) is 11.6 Å². The average Bonchev–Trinajstić information content (AvgIpc) is 1.98. The Morgan fingerprint density at radius 1 is 1.38 bits per heavy atom. The molecule has 0 unspecified atom stereocenters. The Labute approximate surface area is 79.0 Å². The minimum absolute atomic E-state index is 0.0174. The van der Waals surface area contributed by atoms with Crippen molar-refractivity contribution in [3.05, 3.63) is 11.1 Å². The molecule has 13 heavy (non-hydrogen) atoms. The van der Waals surface area contributed by atoms with Crippen LogP contribution < -0.4 is 0 Å². The zero-order chi connectivity index (χ0) is 10.2. The summed E-state index contributed by atoms with van der Waals surface area (Å²) in [6, 6.07) is 0. The smallest absolute Gasteiger partial charge is 0.171 e. The quantitative estimate of drug-likeness (QED) is 0.580. The number of allylic oxidation sites excluding steroid dienone is 2. The van der Waals surface area contributed by atoms with Crippen LogP contribution in [0.15, 0.2) is 11.1 Å². The van der Waals surface area contributed by atoms with Crippen LogP contribution in [0.1, 0.15) is 40.5 Å². The maximum Gasteiger partial charge on any atom is 0.171 e. The molecule has 1 aliphatic rings. The van der Waals surface area contributed by atoms with E-state index in [2.05, 4.69) is 0 Å². The summed E-state index contributed by atoms with van der Waals surface area (Å²) >= 11 is 0. The topological polar surface area (TPSA) is 34.1 Å². The number of carbonyl (C=O) groups is 2. The highest BCUT2D eigenvalue weighted by atomic mass is 16.1. The maximum absolute atomic E-state index is 11.8. The Morgan fingerprint density at radius 2 is 1.92 bits per heavy atom. The van der Waals surface area contributed by atoms with E-state index in [4.69, 9.17) is 0 Å². The summed E-state index contributed by atoms with van der Waals surface area (Å²) in [5.41, 5.74) is 1.05. The van der Waals surface area contributed by atoms with Gasteiger partial charge in [-0.05, 0) is 26.7 Å². The first-order valence-corrected chi connectivity index (χ1v) is 4.62. The SMILES string of the molecule is CC(=O)C1=C(C)CCC(C)(C)C1=O. The summed E-state index contributed by atoms with van der Waals surface area (Å²) < 4.78 is 0. The molecule has 0 aromatic heterocycles. The van der Waals surface area contributed by atoms with Crippen molar-refractivity contribution in [3.63, 3.8) is 0 Å². The molecule has 0 heterocycles. The van der Waals surface area contributed by atoms with Crippen molar-refractivity contribution in [1.29, 1.82) is 0 Å². The van der Waals surface area contributed by atoms with E-state index in [0.29, 0.717) is 5.57 Å². The lowest BCUT2D eigenvalue weighted by Crippen LogP contribution is -2.32. The van der Waals surface area contributed by atoms with Crippen molar-refractivity contribution in [3.8, 4) is 0 Å². The molecule has 0 aromatic carbocycles. The molecule has 0 spiro atoms. The van der Waals surface area contributed by atoms with E-state index in [0.717, 1.165) is 18.4 Å². The Kier molecular flexibility index (Phi) is 2.42. The second-order valence-electron chi connectivity index (χ2n) is 4.42. The first-order chi connectivity index (χ1) is 5.86. The molecule has 2 heteroatoms. The zero-order valence-corrected chi connectivity index (χ0v) is 8.73. The van der Waals surface area contributed by atoms with Crippen LogP contribution in [-0.4, -0.2) is 11.6 Å². The highest BCUT2D eigenvalue weighted by Gasteiger charge is 2.36. The first kappa shape index (κ1) is 10.2. The van der Waals surface area contributed by atoms with Crippen molar-refractivity contribution in [2.75, 3.05) is 0 Å². The summed E-state index contributed by atoms with van der Waals surface area (Å²) in [7, 11) is 0. The van der Waals surface area contributed by atoms with Crippen LogP contribution in [0, 0.1) is 5.41 Å². The third-order valence-electron chi connectivity index (χ3n) is 2.75. The lowest BCUT2D eigenvalue weighted by Gasteiger charge is -2.29. The van der Waals surface area contributed by atoms with Gasteiger partial charge < -0.3 is 0 Å². The van der Waals surface area contributed by atoms with Gasteiger partial charge in [0.1, 0.15) is 0 Å². The molecule has 0 atom stereocenters. The zero-order valence-electron chi connectivity index (χ0n) is 8.73. The molecule has 0 saturated heterocycles. The molecule has 1 rings (SSSR count). The third kappa shape index (κ3) is 1.71. The molecule has 2 nitrogen and oxygen atoms in total. The van der Waals surface area contributed by atoms with Gasteiger partial charge in [0, 0.05) is 5.41 Å². The third-order valence-corrected chi connectivity index (χ3v) is 2.75. The van der Waals surface area contributed by atoms with Crippen molar-refractivity contribution < 1.29 is 9.59 Å². The van der Waals surface area contributed by atoms with Gasteiger partial charge in [-0.15, -0.1) is 0 Å². The molecule has 0 bridgehead atoms. The second-order valence-corrected chi connectivity index (χ2v) is 4.42. The maximum atomic E-state index is 11.8. The van der Waals surface area contributed by atoms with Gasteiger partial charge in [-0.25, -0.2) is 0 Å². The minimum atomic E-state index is -0.347. The summed E-state index contributed by atoms with van der Waals surface area (Å²) in [5, 5.41) is 0. The van der Waals surface area contributed by atoms with E-state index in [1.54, 1.807) is 0 Å². The van der Waals surface area contributed by atoms with Crippen LogP contribution in [0.25, 0.3) is 0 Å². The van der Waals surface area contributed by atoms with E-state index >= 15 is 0 Å². The Morgan fingerprint density at radius 3 is 2.31 bits per heavy atom. The molecule has 0 aliphatic heterocycles. The normalized spacial score (nSPS) is 22.0. The lowest BCUT2D eigenvalue weighted by molar-refractivity contribution is -0.127. The standard InChI is InChI=1S/C11H16O2/c1-7-5-6-11(3,4)10(13)9(7)8(2)12/h5-6H2,1-4H3. The number of ketones is 2. The van der Waals surface area contributed by atoms with Crippen LogP contribution in [0.4, 0.5) is 0 Å². The van der Waals surface area contributed by atoms with E-state index in [1.807, 2.05) is 20.8 Å². The second kappa shape index (κ2) is 3.09. The van der Waals surface area contributed by atoms with Gasteiger partial charge in [-0.3, -0.25) is 9.59 Å². The van der Waals surface area contributed by atoms with Gasteiger partial charge >= 0.3 is 0 Å². The summed E-state index contributed by atoms with van der Waals surface area (Å²) in [5.74, 6) is -0.0703. The number of rotatable bonds is 1. The van der Waals surface area contributed by atoms with Crippen LogP contribution in [0.3, 0.4) is 0 Å². The van der Waals surface area contributed by atoms with Crippen molar-refractivity contribution in [1.82, 2.24) is 0 Å². The lowest BCUT2D eigenvalue weighted by atomic mass is 9.72. The van der Waals surface area contributed by atoms with Gasteiger partial charge in [0.25, 0.3) is 0 Å². The number of hydrogen-bond acceptors (Lipinski definition) is 2.